The molecule has 0 amide bonds. The van der Waals surface area contributed by atoms with E-state index in [0.717, 1.165) is 12.2 Å². The van der Waals surface area contributed by atoms with Crippen LogP contribution in [0.5, 0.6) is 34.5 Å². The summed E-state index contributed by atoms with van der Waals surface area (Å²) in [5.74, 6) is 6.41. The van der Waals surface area contributed by atoms with Crippen LogP contribution in [0.1, 0.15) is 80.0 Å². The highest BCUT2D eigenvalue weighted by Gasteiger charge is 2.22. The maximum Gasteiger partial charge on any atom is 0.339 e. The van der Waals surface area contributed by atoms with Crippen LogP contribution in [-0.2, 0) is 51.1 Å². The summed E-state index contributed by atoms with van der Waals surface area (Å²) in [6, 6.07) is 16.2. The molecule has 0 saturated heterocycles. The number of hydrogen-bond donors (Lipinski definition) is 0. The van der Waals surface area contributed by atoms with Crippen molar-refractivity contribution in [1.82, 2.24) is 0 Å². The van der Waals surface area contributed by atoms with Crippen LogP contribution in [0.3, 0.4) is 0 Å². The standard InChI is InChI=1S/C59H51FO14/c1-12-52(61)71-49-27-19-41(32-51(49)73-58(66)38(9)10)31-39(11)59(67)70-46-25-22-42(50(34-46)72-57(65)37(7)8)20-21-43-33-44(28-30-68-55(63)35(3)4)48(54(74-53(62)13-2)47(43)15-14-29-60)26-18-40-16-23-45(24-17-40)69-56(64)36(5)6/h12-13,16-17,19,22-25,27,31-34H,1-3,5,7,9,14-15,28-30H2,4,6,8,10-11H3. The second-order valence-corrected chi connectivity index (χ2v) is 16.1. The molecule has 4 aromatic carbocycles. The smallest absolute Gasteiger partial charge is 0.339 e. The van der Waals surface area contributed by atoms with Gasteiger partial charge in [0.1, 0.15) is 11.5 Å². The first kappa shape index (κ1) is 57.0. The van der Waals surface area contributed by atoms with Gasteiger partial charge in [0.05, 0.1) is 24.4 Å². The maximum atomic E-state index is 14.0. The molecule has 0 unspecified atom stereocenters. The summed E-state index contributed by atoms with van der Waals surface area (Å²) in [7, 11) is 0. The number of ether oxygens (including phenoxy) is 7. The Labute approximate surface area is 428 Å². The number of alkyl halides is 1. The van der Waals surface area contributed by atoms with E-state index in [4.69, 9.17) is 33.2 Å². The van der Waals surface area contributed by atoms with Gasteiger partial charge >= 0.3 is 41.8 Å². The molecule has 0 aromatic heterocycles. The van der Waals surface area contributed by atoms with Gasteiger partial charge in [0.15, 0.2) is 23.0 Å². The summed E-state index contributed by atoms with van der Waals surface area (Å²) in [5, 5.41) is 0. The molecule has 0 aliphatic rings. The van der Waals surface area contributed by atoms with E-state index < -0.39 is 48.5 Å². The highest BCUT2D eigenvalue weighted by molar-refractivity contribution is 5.95. The highest BCUT2D eigenvalue weighted by atomic mass is 19.1. The van der Waals surface area contributed by atoms with Gasteiger partial charge in [-0.3, -0.25) is 4.39 Å². The highest BCUT2D eigenvalue weighted by Crippen LogP contribution is 2.34. The molecule has 0 bridgehead atoms. The molecule has 0 spiro atoms. The first-order chi connectivity index (χ1) is 35.1. The van der Waals surface area contributed by atoms with E-state index in [1.54, 1.807) is 18.2 Å². The van der Waals surface area contributed by atoms with Crippen LogP contribution < -0.4 is 28.4 Å². The second-order valence-electron chi connectivity index (χ2n) is 16.1. The van der Waals surface area contributed by atoms with Crippen molar-refractivity contribution in [3.05, 3.63) is 185 Å². The van der Waals surface area contributed by atoms with Crippen LogP contribution in [0, 0.1) is 23.7 Å². The number of hydrogen-bond acceptors (Lipinski definition) is 14. The van der Waals surface area contributed by atoms with Gasteiger partial charge < -0.3 is 33.2 Å². The number of carbonyl (C=O) groups is 7. The lowest BCUT2D eigenvalue weighted by molar-refractivity contribution is -0.139. The van der Waals surface area contributed by atoms with E-state index in [1.807, 2.05) is 0 Å². The predicted octanol–water partition coefficient (Wildman–Crippen LogP) is 9.69. The fourth-order valence-electron chi connectivity index (χ4n) is 5.94. The Hall–Kier alpha value is -9.60. The molecule has 0 N–H and O–H groups in total. The number of halogens is 1. The molecule has 0 radical (unpaired) electrons. The van der Waals surface area contributed by atoms with Crippen molar-refractivity contribution in [3.8, 4) is 58.2 Å². The first-order valence-corrected chi connectivity index (χ1v) is 22.4. The molecule has 378 valence electrons. The lowest BCUT2D eigenvalue weighted by atomic mass is 9.92. The van der Waals surface area contributed by atoms with Crippen molar-refractivity contribution in [2.45, 2.75) is 53.9 Å². The number of carbonyl (C=O) groups excluding carboxylic acids is 7. The van der Waals surface area contributed by atoms with Gasteiger partial charge in [-0.05, 0) is 119 Å². The topological polar surface area (TPSA) is 184 Å². The maximum absolute atomic E-state index is 14.0. The second kappa shape index (κ2) is 27.1. The largest absolute Gasteiger partial charge is 0.462 e. The molecule has 0 fully saturated rings. The van der Waals surface area contributed by atoms with E-state index in [9.17, 15) is 38.0 Å². The van der Waals surface area contributed by atoms with Gasteiger partial charge in [-0.1, -0.05) is 69.2 Å². The molecule has 4 aromatic rings. The summed E-state index contributed by atoms with van der Waals surface area (Å²) < 4.78 is 52.4. The zero-order chi connectivity index (χ0) is 54.6. The van der Waals surface area contributed by atoms with Crippen LogP contribution >= 0.6 is 0 Å². The van der Waals surface area contributed by atoms with E-state index in [-0.39, 0.29) is 110 Å². The molecule has 15 heteroatoms. The molecule has 0 atom stereocenters. The van der Waals surface area contributed by atoms with Gasteiger partial charge in [0.25, 0.3) is 0 Å². The lowest BCUT2D eigenvalue weighted by Gasteiger charge is -2.17. The Kier molecular flexibility index (Phi) is 20.9. The fraction of sp³-hybridized carbons (Fsp3) is 0.169. The van der Waals surface area contributed by atoms with Crippen molar-refractivity contribution < 1.29 is 71.1 Å². The first-order valence-electron chi connectivity index (χ1n) is 22.4. The van der Waals surface area contributed by atoms with E-state index in [2.05, 4.69) is 63.2 Å². The number of benzene rings is 4. The minimum atomic E-state index is -0.870. The monoisotopic (exact) mass is 1000 g/mol. The predicted molar refractivity (Wildman–Crippen MR) is 274 cm³/mol. The Morgan fingerprint density at radius 1 is 0.541 bits per heavy atom. The van der Waals surface area contributed by atoms with Crippen LogP contribution in [0.15, 0.2) is 146 Å². The average molecular weight is 1000 g/mol. The number of esters is 7. The lowest BCUT2D eigenvalue weighted by Crippen LogP contribution is -2.13. The van der Waals surface area contributed by atoms with Gasteiger partial charge in [0.2, 0.25) is 0 Å². The van der Waals surface area contributed by atoms with Crippen LogP contribution in [0.2, 0.25) is 0 Å². The van der Waals surface area contributed by atoms with E-state index in [0.29, 0.717) is 16.7 Å². The van der Waals surface area contributed by atoms with Crippen molar-refractivity contribution >= 4 is 47.9 Å². The number of rotatable bonds is 20. The normalized spacial score (nSPS) is 10.3. The van der Waals surface area contributed by atoms with Crippen molar-refractivity contribution in [2.24, 2.45) is 0 Å². The third kappa shape index (κ3) is 16.8. The summed E-state index contributed by atoms with van der Waals surface area (Å²) in [6.07, 6.45) is 3.26. The molecular formula is C59H51FO14. The van der Waals surface area contributed by atoms with Crippen molar-refractivity contribution in [1.29, 1.82) is 0 Å². The fourth-order valence-corrected chi connectivity index (χ4v) is 5.94. The summed E-state index contributed by atoms with van der Waals surface area (Å²) in [5.41, 5.74) is 2.55. The molecular weight excluding hydrogens is 952 g/mol. The van der Waals surface area contributed by atoms with Gasteiger partial charge in [-0.2, -0.15) is 0 Å². The molecule has 14 nitrogen and oxygen atoms in total. The average Bonchev–Trinajstić information content (AvgIpc) is 3.36. The van der Waals surface area contributed by atoms with Gasteiger partial charge in [0, 0.05) is 69.2 Å². The Balaban J connectivity index is 1.85. The van der Waals surface area contributed by atoms with E-state index >= 15 is 0 Å². The Morgan fingerprint density at radius 3 is 1.72 bits per heavy atom. The summed E-state index contributed by atoms with van der Waals surface area (Å²) in [6.45, 7) is 27.7. The Bertz CT molecular complexity index is 3160. The van der Waals surface area contributed by atoms with E-state index in [1.165, 1.54) is 89.2 Å². The quantitative estimate of drug-likeness (QED) is 0.0353. The summed E-state index contributed by atoms with van der Waals surface area (Å²) in [4.78, 5) is 88.2. The zero-order valence-corrected chi connectivity index (χ0v) is 41.5. The van der Waals surface area contributed by atoms with Gasteiger partial charge in [-0.15, -0.1) is 0 Å². The summed E-state index contributed by atoms with van der Waals surface area (Å²) >= 11 is 0. The molecule has 0 aliphatic heterocycles. The van der Waals surface area contributed by atoms with Crippen LogP contribution in [0.25, 0.3) is 6.08 Å². The Morgan fingerprint density at radius 2 is 1.11 bits per heavy atom. The SMILES string of the molecule is C=CC(=O)Oc1ccc(C=C(C)C(=O)Oc2ccc(C#Cc3cc(CCOC(=O)C(=C)C)c(C#Cc4ccc(OC(=O)C(=C)C)cc4)c(OC(=O)C=C)c3CCCF)c(OC(=O)C(=C)C)c2)cc1OC(=O)C(=C)C. The van der Waals surface area contributed by atoms with Crippen molar-refractivity contribution in [3.63, 3.8) is 0 Å². The minimum absolute atomic E-state index is 0.00418. The molecule has 0 heterocycles. The zero-order valence-electron chi connectivity index (χ0n) is 41.5. The van der Waals surface area contributed by atoms with Gasteiger partial charge in [-0.25, -0.2) is 33.6 Å². The minimum Gasteiger partial charge on any atom is -0.462 e. The van der Waals surface area contributed by atoms with Crippen LogP contribution in [-0.4, -0.2) is 55.1 Å². The third-order valence-electron chi connectivity index (χ3n) is 9.74. The van der Waals surface area contributed by atoms with Crippen LogP contribution in [0.4, 0.5) is 4.39 Å². The molecule has 0 aliphatic carbocycles. The molecule has 4 rings (SSSR count). The third-order valence-corrected chi connectivity index (χ3v) is 9.74. The molecule has 74 heavy (non-hydrogen) atoms. The molecule has 0 saturated carbocycles. The van der Waals surface area contributed by atoms with Crippen molar-refractivity contribution in [2.75, 3.05) is 13.3 Å².